The monoisotopic (exact) mass is 406 g/mol. The lowest BCUT2D eigenvalue weighted by Gasteiger charge is -2.27. The minimum absolute atomic E-state index is 0.0364. The number of nitrogens with one attached hydrogen (secondary N) is 1. The second kappa shape index (κ2) is 6.54. The highest BCUT2D eigenvalue weighted by Gasteiger charge is 2.67. The van der Waals surface area contributed by atoms with E-state index in [0.29, 0.717) is 13.1 Å². The number of carbonyl (C=O) groups is 2. The molecular formula is C23H26N4O3. The first-order valence-corrected chi connectivity index (χ1v) is 10.3. The van der Waals surface area contributed by atoms with Crippen LogP contribution in [0.5, 0.6) is 0 Å². The molecule has 2 saturated heterocycles. The van der Waals surface area contributed by atoms with E-state index in [0.717, 1.165) is 22.8 Å². The standard InChI is InChI=1S/C23H26N4O3/c1-13-5-6-16(9-14(13)2)27-12-23-8-7-17(30-23)19(20(23)22(27)29)21(28)26(4)11-18-24-10-15(3)25-18/h5-10,17,19-20H,11-12H2,1-4H3,(H,24,25)/t17-,19-,20+,23-/m0/s1. The molecule has 2 bridgehead atoms. The zero-order valence-electron chi connectivity index (χ0n) is 17.7. The van der Waals surface area contributed by atoms with Crippen LogP contribution in [0.25, 0.3) is 0 Å². The van der Waals surface area contributed by atoms with Gasteiger partial charge in [-0.1, -0.05) is 18.2 Å². The van der Waals surface area contributed by atoms with Gasteiger partial charge in [0.05, 0.1) is 31.0 Å². The summed E-state index contributed by atoms with van der Waals surface area (Å²) in [4.78, 5) is 37.7. The Morgan fingerprint density at radius 2 is 2.13 bits per heavy atom. The number of hydrogen-bond acceptors (Lipinski definition) is 4. The van der Waals surface area contributed by atoms with Crippen LogP contribution in [-0.2, 0) is 20.9 Å². The summed E-state index contributed by atoms with van der Waals surface area (Å²) < 4.78 is 6.25. The maximum absolute atomic E-state index is 13.5. The number of amides is 2. The van der Waals surface area contributed by atoms with Crippen molar-refractivity contribution in [3.63, 3.8) is 0 Å². The van der Waals surface area contributed by atoms with Crippen LogP contribution < -0.4 is 4.90 Å². The average molecular weight is 406 g/mol. The number of anilines is 1. The van der Waals surface area contributed by atoms with E-state index in [1.165, 1.54) is 5.56 Å². The zero-order chi connectivity index (χ0) is 21.2. The Hall–Kier alpha value is -2.93. The lowest BCUT2D eigenvalue weighted by molar-refractivity contribution is -0.139. The van der Waals surface area contributed by atoms with Crippen LogP contribution in [0.15, 0.2) is 36.5 Å². The van der Waals surface area contributed by atoms with Gasteiger partial charge in [-0.05, 0) is 44.0 Å². The van der Waals surface area contributed by atoms with Crippen molar-refractivity contribution < 1.29 is 14.3 Å². The number of imidazole rings is 1. The summed E-state index contributed by atoms with van der Waals surface area (Å²) in [6.45, 7) is 6.83. The Morgan fingerprint density at radius 3 is 2.83 bits per heavy atom. The minimum atomic E-state index is -0.719. The van der Waals surface area contributed by atoms with E-state index in [9.17, 15) is 9.59 Å². The largest absolute Gasteiger partial charge is 0.360 e. The summed E-state index contributed by atoms with van der Waals surface area (Å²) in [6.07, 6.45) is 5.32. The second-order valence-corrected chi connectivity index (χ2v) is 8.80. The molecule has 0 saturated carbocycles. The van der Waals surface area contributed by atoms with Gasteiger partial charge in [0.2, 0.25) is 11.8 Å². The third-order valence-electron chi connectivity index (χ3n) is 6.71. The minimum Gasteiger partial charge on any atom is -0.360 e. The summed E-state index contributed by atoms with van der Waals surface area (Å²) in [7, 11) is 1.75. The molecule has 3 aliphatic heterocycles. The zero-order valence-corrected chi connectivity index (χ0v) is 17.7. The van der Waals surface area contributed by atoms with Crippen molar-refractivity contribution in [1.29, 1.82) is 0 Å². The topological polar surface area (TPSA) is 78.5 Å². The first kappa shape index (κ1) is 19.1. The number of carbonyl (C=O) groups excluding carboxylic acids is 2. The Balaban J connectivity index is 1.42. The van der Waals surface area contributed by atoms with Crippen molar-refractivity contribution in [1.82, 2.24) is 14.9 Å². The molecule has 0 aliphatic carbocycles. The fraction of sp³-hybridized carbons (Fsp3) is 0.435. The predicted molar refractivity (Wildman–Crippen MR) is 112 cm³/mol. The number of aromatic nitrogens is 2. The molecule has 5 rings (SSSR count). The molecule has 4 atom stereocenters. The molecular weight excluding hydrogens is 380 g/mol. The molecule has 1 aromatic carbocycles. The molecule has 7 nitrogen and oxygen atoms in total. The number of fused-ring (bicyclic) bond motifs is 1. The molecule has 2 aromatic rings. The van der Waals surface area contributed by atoms with Crippen molar-refractivity contribution in [2.24, 2.45) is 11.8 Å². The summed E-state index contributed by atoms with van der Waals surface area (Å²) in [5.41, 5.74) is 3.41. The maximum atomic E-state index is 13.5. The van der Waals surface area contributed by atoms with Crippen LogP contribution in [-0.4, -0.2) is 52.0 Å². The van der Waals surface area contributed by atoms with Gasteiger partial charge in [-0.15, -0.1) is 0 Å². The SMILES string of the molecule is Cc1cnc(CN(C)C(=O)[C@H]2[C@@H]3C=C[C@@]4(CN(c5ccc(C)c(C)c5)C(=O)[C@@H]24)O3)[nH]1. The highest BCUT2D eigenvalue weighted by Crippen LogP contribution is 2.53. The first-order chi connectivity index (χ1) is 14.3. The maximum Gasteiger partial charge on any atom is 0.234 e. The highest BCUT2D eigenvalue weighted by molar-refractivity contribution is 6.03. The van der Waals surface area contributed by atoms with Crippen molar-refractivity contribution in [2.75, 3.05) is 18.5 Å². The summed E-state index contributed by atoms with van der Waals surface area (Å²) in [5.74, 6) is -0.402. The van der Waals surface area contributed by atoms with E-state index >= 15 is 0 Å². The molecule has 156 valence electrons. The van der Waals surface area contributed by atoms with E-state index < -0.39 is 17.4 Å². The van der Waals surface area contributed by atoms with Gasteiger partial charge < -0.3 is 19.5 Å². The smallest absolute Gasteiger partial charge is 0.234 e. The summed E-state index contributed by atoms with van der Waals surface area (Å²) >= 11 is 0. The number of nitrogens with zero attached hydrogens (tertiary/aromatic N) is 3. The van der Waals surface area contributed by atoms with Gasteiger partial charge in [-0.25, -0.2) is 4.98 Å². The lowest BCUT2D eigenvalue weighted by Crippen LogP contribution is -2.44. The van der Waals surface area contributed by atoms with E-state index in [4.69, 9.17) is 4.74 Å². The van der Waals surface area contributed by atoms with Crippen LogP contribution in [0.2, 0.25) is 0 Å². The molecule has 1 aromatic heterocycles. The molecule has 3 aliphatic rings. The van der Waals surface area contributed by atoms with Crippen LogP contribution in [0, 0.1) is 32.6 Å². The van der Waals surface area contributed by atoms with Gasteiger partial charge in [0.1, 0.15) is 11.4 Å². The number of ether oxygens (including phenoxy) is 1. The van der Waals surface area contributed by atoms with Gasteiger partial charge in [0.25, 0.3) is 0 Å². The molecule has 2 fully saturated rings. The Labute approximate surface area is 175 Å². The van der Waals surface area contributed by atoms with Gasteiger partial charge in [0.15, 0.2) is 0 Å². The molecule has 0 radical (unpaired) electrons. The number of aryl methyl sites for hydroxylation is 3. The second-order valence-electron chi connectivity index (χ2n) is 8.80. The fourth-order valence-corrected chi connectivity index (χ4v) is 5.00. The van der Waals surface area contributed by atoms with Crippen molar-refractivity contribution in [3.05, 3.63) is 59.2 Å². The lowest BCUT2D eigenvalue weighted by atomic mass is 9.76. The molecule has 0 unspecified atom stereocenters. The first-order valence-electron chi connectivity index (χ1n) is 10.3. The van der Waals surface area contributed by atoms with Crippen LogP contribution >= 0.6 is 0 Å². The van der Waals surface area contributed by atoms with Crippen LogP contribution in [0.3, 0.4) is 0 Å². The third-order valence-corrected chi connectivity index (χ3v) is 6.71. The molecule has 1 spiro atoms. The van der Waals surface area contributed by atoms with E-state index in [1.807, 2.05) is 44.2 Å². The van der Waals surface area contributed by atoms with Gasteiger partial charge in [-0.3, -0.25) is 9.59 Å². The Kier molecular flexibility index (Phi) is 4.15. The average Bonchev–Trinajstić information content (AvgIpc) is 3.45. The Bertz CT molecular complexity index is 1070. The normalized spacial score (nSPS) is 29.0. The van der Waals surface area contributed by atoms with Crippen LogP contribution in [0.1, 0.15) is 22.6 Å². The van der Waals surface area contributed by atoms with E-state index in [1.54, 1.807) is 23.0 Å². The number of rotatable bonds is 4. The van der Waals surface area contributed by atoms with Crippen molar-refractivity contribution in [2.45, 2.75) is 39.0 Å². The number of benzene rings is 1. The molecule has 1 N–H and O–H groups in total. The summed E-state index contributed by atoms with van der Waals surface area (Å²) in [6, 6.07) is 6.03. The van der Waals surface area contributed by atoms with Gasteiger partial charge in [-0.2, -0.15) is 0 Å². The number of H-pyrrole nitrogens is 1. The van der Waals surface area contributed by atoms with Gasteiger partial charge >= 0.3 is 0 Å². The third kappa shape index (κ3) is 2.72. The van der Waals surface area contributed by atoms with Crippen molar-refractivity contribution in [3.8, 4) is 0 Å². The van der Waals surface area contributed by atoms with Gasteiger partial charge in [0, 0.05) is 24.6 Å². The number of aromatic amines is 1. The van der Waals surface area contributed by atoms with Crippen molar-refractivity contribution >= 4 is 17.5 Å². The predicted octanol–water partition coefficient (Wildman–Crippen LogP) is 2.28. The van der Waals surface area contributed by atoms with Crippen LogP contribution in [0.4, 0.5) is 5.69 Å². The fourth-order valence-electron chi connectivity index (χ4n) is 5.00. The molecule has 4 heterocycles. The summed E-state index contributed by atoms with van der Waals surface area (Å²) in [5, 5.41) is 0. The number of hydrogen-bond donors (Lipinski definition) is 1. The molecule has 7 heteroatoms. The van der Waals surface area contributed by atoms with E-state index in [-0.39, 0.29) is 17.9 Å². The highest BCUT2D eigenvalue weighted by atomic mass is 16.5. The molecule has 30 heavy (non-hydrogen) atoms. The quantitative estimate of drug-likeness (QED) is 0.791. The van der Waals surface area contributed by atoms with E-state index in [2.05, 4.69) is 16.9 Å². The Morgan fingerprint density at radius 1 is 1.33 bits per heavy atom. The molecule has 2 amide bonds.